The second-order valence-corrected chi connectivity index (χ2v) is 10.6. The molecule has 0 unspecified atom stereocenters. The summed E-state index contributed by atoms with van der Waals surface area (Å²) in [6.45, 7) is 8.89. The Kier molecular flexibility index (Phi) is 8.68. The molecule has 8 nitrogen and oxygen atoms in total. The number of rotatable bonds is 5. The van der Waals surface area contributed by atoms with E-state index in [9.17, 15) is 9.59 Å². The van der Waals surface area contributed by atoms with Gasteiger partial charge in [0.1, 0.15) is 12.4 Å². The maximum Gasteiger partial charge on any atom is 0.257 e. The first-order valence-corrected chi connectivity index (χ1v) is 13.0. The minimum absolute atomic E-state index is 0.0190. The van der Waals surface area contributed by atoms with Crippen molar-refractivity contribution in [1.29, 1.82) is 0 Å². The fourth-order valence-electron chi connectivity index (χ4n) is 5.03. The van der Waals surface area contributed by atoms with Crippen molar-refractivity contribution in [3.63, 3.8) is 0 Å². The lowest BCUT2D eigenvalue weighted by atomic mass is 9.96. The molecule has 8 heteroatoms. The molecular weight excluding hydrogens is 446 g/mol. The molecule has 0 spiro atoms. The Balaban J connectivity index is 1.58. The fraction of sp³-hybridized carbons (Fsp3) is 0.704. The number of hydrogen-bond donors (Lipinski definition) is 1. The molecule has 0 aromatic heterocycles. The molecule has 1 N–H and O–H groups in total. The van der Waals surface area contributed by atoms with Crippen LogP contribution in [0.2, 0.25) is 0 Å². The number of carbonyl (C=O) groups is 2. The molecule has 2 amide bonds. The lowest BCUT2D eigenvalue weighted by Crippen LogP contribution is -2.48. The van der Waals surface area contributed by atoms with Gasteiger partial charge < -0.3 is 24.4 Å². The third-order valence-electron chi connectivity index (χ3n) is 7.62. The van der Waals surface area contributed by atoms with E-state index in [-0.39, 0.29) is 35.8 Å². The van der Waals surface area contributed by atoms with Gasteiger partial charge in [-0.25, -0.2) is 0 Å². The van der Waals surface area contributed by atoms with E-state index in [1.165, 1.54) is 0 Å². The predicted octanol–water partition coefficient (Wildman–Crippen LogP) is 3.27. The van der Waals surface area contributed by atoms with Crippen molar-refractivity contribution in [2.24, 2.45) is 17.8 Å². The Bertz CT molecular complexity index is 884. The molecule has 1 saturated heterocycles. The van der Waals surface area contributed by atoms with Crippen molar-refractivity contribution in [3.05, 3.63) is 23.8 Å². The number of ether oxygens (including phenoxy) is 3. The first-order chi connectivity index (χ1) is 16.9. The molecule has 1 saturated carbocycles. The Morgan fingerprint density at radius 2 is 1.89 bits per heavy atom. The molecule has 1 aromatic rings. The number of nitrogens with one attached hydrogen (secondary N) is 1. The second-order valence-electron chi connectivity index (χ2n) is 10.6. The van der Waals surface area contributed by atoms with E-state index in [0.29, 0.717) is 36.1 Å². The van der Waals surface area contributed by atoms with Gasteiger partial charge in [0.15, 0.2) is 0 Å². The van der Waals surface area contributed by atoms with Crippen molar-refractivity contribution in [2.45, 2.75) is 51.7 Å². The third-order valence-corrected chi connectivity index (χ3v) is 7.62. The molecule has 3 aliphatic rings. The van der Waals surface area contributed by atoms with Gasteiger partial charge in [-0.3, -0.25) is 14.5 Å². The van der Waals surface area contributed by atoms with Gasteiger partial charge >= 0.3 is 0 Å². The lowest BCUT2D eigenvalue weighted by Gasteiger charge is -2.38. The van der Waals surface area contributed by atoms with Gasteiger partial charge in [-0.05, 0) is 62.6 Å². The fourth-order valence-corrected chi connectivity index (χ4v) is 5.03. The van der Waals surface area contributed by atoms with E-state index in [1.807, 2.05) is 6.07 Å². The maximum absolute atomic E-state index is 13.5. The van der Waals surface area contributed by atoms with Crippen molar-refractivity contribution in [3.8, 4) is 5.75 Å². The van der Waals surface area contributed by atoms with Gasteiger partial charge in [0.05, 0.1) is 11.7 Å². The number of fused-ring (bicyclic) bond motifs is 1. The minimum Gasteiger partial charge on any atom is -0.491 e. The van der Waals surface area contributed by atoms with Crippen LogP contribution in [-0.2, 0) is 14.3 Å². The van der Waals surface area contributed by atoms with Crippen molar-refractivity contribution < 1.29 is 23.8 Å². The van der Waals surface area contributed by atoms with Crippen LogP contribution in [0.4, 0.5) is 5.69 Å². The summed E-state index contributed by atoms with van der Waals surface area (Å²) in [5.74, 6) is 1.38. The van der Waals surface area contributed by atoms with E-state index in [0.717, 1.165) is 52.0 Å². The van der Waals surface area contributed by atoms with Crippen LogP contribution >= 0.6 is 0 Å². The number of anilines is 1. The van der Waals surface area contributed by atoms with Gasteiger partial charge in [0.25, 0.3) is 5.91 Å². The highest BCUT2D eigenvalue weighted by atomic mass is 16.5. The molecule has 0 bridgehead atoms. The van der Waals surface area contributed by atoms with E-state index in [4.69, 9.17) is 14.2 Å². The van der Waals surface area contributed by atoms with Crippen LogP contribution in [-0.4, -0.2) is 87.4 Å². The van der Waals surface area contributed by atoms with Gasteiger partial charge in [-0.15, -0.1) is 0 Å². The van der Waals surface area contributed by atoms with Crippen LogP contribution in [0.3, 0.4) is 0 Å². The molecule has 2 aliphatic heterocycles. The monoisotopic (exact) mass is 487 g/mol. The SMILES string of the molecule is CO[C@@H]1CN(C)C(=O)c2cc(NC(=O)C3CC3)ccc2OC[C@@H](C)N(CC2CCOCC2)C[C@H]1C. The standard InChI is InChI=1S/C27H41N3O5/c1-18-14-30(15-20-9-11-34-12-10-20)19(2)17-35-24-8-7-22(28-26(31)21-5-6-21)13-23(24)27(32)29(3)16-25(18)33-4/h7-8,13,18-21,25H,5-6,9-12,14-17H2,1-4H3,(H,28,31)/t18-,19-,25-/m1/s1. The molecule has 4 rings (SSSR count). The number of amides is 2. The molecule has 1 aromatic carbocycles. The maximum atomic E-state index is 13.5. The van der Waals surface area contributed by atoms with Crippen LogP contribution in [0.1, 0.15) is 49.9 Å². The number of nitrogens with zero attached hydrogens (tertiary/aromatic N) is 2. The van der Waals surface area contributed by atoms with Crippen LogP contribution in [0.15, 0.2) is 18.2 Å². The molecular formula is C27H41N3O5. The smallest absolute Gasteiger partial charge is 0.257 e. The Labute approximate surface area is 209 Å². The van der Waals surface area contributed by atoms with Crippen LogP contribution in [0, 0.1) is 17.8 Å². The van der Waals surface area contributed by atoms with Crippen molar-refractivity contribution in [2.75, 3.05) is 58.9 Å². The Morgan fingerprint density at radius 3 is 2.57 bits per heavy atom. The zero-order valence-corrected chi connectivity index (χ0v) is 21.6. The van der Waals surface area contributed by atoms with Gasteiger partial charge in [0, 0.05) is 64.7 Å². The van der Waals surface area contributed by atoms with Crippen LogP contribution in [0.5, 0.6) is 5.75 Å². The van der Waals surface area contributed by atoms with E-state index in [2.05, 4.69) is 24.1 Å². The Hall–Kier alpha value is -2.16. The quantitative estimate of drug-likeness (QED) is 0.687. The van der Waals surface area contributed by atoms with E-state index >= 15 is 0 Å². The van der Waals surface area contributed by atoms with Crippen molar-refractivity contribution >= 4 is 17.5 Å². The molecule has 0 radical (unpaired) electrons. The van der Waals surface area contributed by atoms with Crippen LogP contribution < -0.4 is 10.1 Å². The molecule has 194 valence electrons. The lowest BCUT2D eigenvalue weighted by molar-refractivity contribution is -0.117. The second kappa shape index (κ2) is 11.7. The Morgan fingerprint density at radius 1 is 1.14 bits per heavy atom. The molecule has 2 fully saturated rings. The number of likely N-dealkylation sites (N-methyl/N-ethyl adjacent to an activating group) is 1. The summed E-state index contributed by atoms with van der Waals surface area (Å²) in [4.78, 5) is 30.0. The number of benzene rings is 1. The highest BCUT2D eigenvalue weighted by Crippen LogP contribution is 2.32. The molecule has 2 heterocycles. The highest BCUT2D eigenvalue weighted by Gasteiger charge is 2.31. The molecule has 3 atom stereocenters. The van der Waals surface area contributed by atoms with Gasteiger partial charge in [0.2, 0.25) is 5.91 Å². The predicted molar refractivity (Wildman–Crippen MR) is 135 cm³/mol. The molecule has 1 aliphatic carbocycles. The first-order valence-electron chi connectivity index (χ1n) is 13.0. The summed E-state index contributed by atoms with van der Waals surface area (Å²) >= 11 is 0. The summed E-state index contributed by atoms with van der Waals surface area (Å²) in [5.41, 5.74) is 1.09. The minimum atomic E-state index is -0.135. The van der Waals surface area contributed by atoms with Crippen molar-refractivity contribution in [1.82, 2.24) is 9.80 Å². The summed E-state index contributed by atoms with van der Waals surface area (Å²) in [6.07, 6.45) is 3.94. The zero-order chi connectivity index (χ0) is 24.9. The average Bonchev–Trinajstić information content (AvgIpc) is 3.71. The highest BCUT2D eigenvalue weighted by molar-refractivity contribution is 6.00. The third kappa shape index (κ3) is 6.74. The number of carbonyl (C=O) groups excluding carboxylic acids is 2. The molecule has 35 heavy (non-hydrogen) atoms. The van der Waals surface area contributed by atoms with Crippen LogP contribution in [0.25, 0.3) is 0 Å². The summed E-state index contributed by atoms with van der Waals surface area (Å²) in [6, 6.07) is 5.55. The average molecular weight is 488 g/mol. The topological polar surface area (TPSA) is 80.3 Å². The first kappa shape index (κ1) is 25.9. The normalized spacial score (nSPS) is 27.4. The van der Waals surface area contributed by atoms with E-state index < -0.39 is 0 Å². The number of hydrogen-bond acceptors (Lipinski definition) is 6. The van der Waals surface area contributed by atoms with E-state index in [1.54, 1.807) is 31.2 Å². The number of methoxy groups -OCH3 is 1. The largest absolute Gasteiger partial charge is 0.491 e. The zero-order valence-electron chi connectivity index (χ0n) is 21.6. The summed E-state index contributed by atoms with van der Waals surface area (Å²) in [7, 11) is 3.52. The summed E-state index contributed by atoms with van der Waals surface area (Å²) < 4.78 is 17.7. The van der Waals surface area contributed by atoms with Gasteiger partial charge in [-0.1, -0.05) is 6.92 Å². The summed E-state index contributed by atoms with van der Waals surface area (Å²) in [5, 5.41) is 2.96. The van der Waals surface area contributed by atoms with Gasteiger partial charge in [-0.2, -0.15) is 0 Å².